The summed E-state index contributed by atoms with van der Waals surface area (Å²) in [5.41, 5.74) is 4.67. The Bertz CT molecular complexity index is 985. The Balaban J connectivity index is 1.73. The highest BCUT2D eigenvalue weighted by atomic mass is 16.6. The van der Waals surface area contributed by atoms with Crippen molar-refractivity contribution < 1.29 is 14.6 Å². The summed E-state index contributed by atoms with van der Waals surface area (Å²) >= 11 is 0. The van der Waals surface area contributed by atoms with Crippen LogP contribution in [0.2, 0.25) is 0 Å². The highest BCUT2D eigenvalue weighted by Gasteiger charge is 2.37. The molecule has 1 saturated carbocycles. The Labute approximate surface area is 191 Å². The first-order valence-corrected chi connectivity index (χ1v) is 12.2. The van der Waals surface area contributed by atoms with Crippen LogP contribution in [-0.2, 0) is 17.6 Å². The summed E-state index contributed by atoms with van der Waals surface area (Å²) in [5, 5.41) is 15.9. The van der Waals surface area contributed by atoms with E-state index in [1.54, 1.807) is 0 Å². The lowest BCUT2D eigenvalue weighted by atomic mass is 9.80. The average molecular weight is 440 g/mol. The molecule has 0 spiro atoms. The Morgan fingerprint density at radius 3 is 2.56 bits per heavy atom. The first-order valence-electron chi connectivity index (χ1n) is 12.2. The largest absolute Gasteiger partial charge is 0.506 e. The van der Waals surface area contributed by atoms with E-state index in [4.69, 9.17) is 9.84 Å². The summed E-state index contributed by atoms with van der Waals surface area (Å²) < 4.78 is 7.63. The number of hydrogen-bond donors (Lipinski definition) is 1. The molecular weight excluding hydrogens is 402 g/mol. The summed E-state index contributed by atoms with van der Waals surface area (Å²) in [5.74, 6) is 0.856. The molecule has 1 N–H and O–H groups in total. The molecule has 1 amide bonds. The van der Waals surface area contributed by atoms with E-state index in [1.165, 1.54) is 24.8 Å². The molecule has 1 fully saturated rings. The number of fused-ring (bicyclic) bond motifs is 1. The van der Waals surface area contributed by atoms with Gasteiger partial charge in [-0.2, -0.15) is 5.10 Å². The van der Waals surface area contributed by atoms with E-state index in [0.29, 0.717) is 18.9 Å². The number of hydrogen-bond acceptors (Lipinski definition) is 4. The molecule has 0 saturated heterocycles. The van der Waals surface area contributed by atoms with Gasteiger partial charge in [0.15, 0.2) is 0 Å². The number of aromatic nitrogens is 2. The summed E-state index contributed by atoms with van der Waals surface area (Å²) in [4.78, 5) is 14.8. The van der Waals surface area contributed by atoms with E-state index in [0.717, 1.165) is 41.9 Å². The van der Waals surface area contributed by atoms with Crippen LogP contribution in [0.1, 0.15) is 101 Å². The van der Waals surface area contributed by atoms with Gasteiger partial charge in [-0.25, -0.2) is 9.48 Å². The minimum absolute atomic E-state index is 0.0692. The molecule has 1 aliphatic heterocycles. The molecule has 6 heteroatoms. The highest BCUT2D eigenvalue weighted by molar-refractivity contribution is 5.69. The number of aromatic hydroxyl groups is 1. The predicted octanol–water partition coefficient (Wildman–Crippen LogP) is 6.04. The van der Waals surface area contributed by atoms with E-state index < -0.39 is 5.60 Å². The molecule has 32 heavy (non-hydrogen) atoms. The van der Waals surface area contributed by atoms with Crippen molar-refractivity contribution in [1.82, 2.24) is 14.7 Å². The van der Waals surface area contributed by atoms with E-state index in [1.807, 2.05) is 42.5 Å². The van der Waals surface area contributed by atoms with Crippen molar-refractivity contribution in [3.05, 3.63) is 40.7 Å². The zero-order valence-corrected chi connectivity index (χ0v) is 20.1. The van der Waals surface area contributed by atoms with Crippen LogP contribution in [0.5, 0.6) is 5.75 Å². The van der Waals surface area contributed by atoms with Gasteiger partial charge >= 0.3 is 6.09 Å². The number of amides is 1. The van der Waals surface area contributed by atoms with E-state index in [2.05, 4.69) is 19.9 Å². The zero-order valence-electron chi connectivity index (χ0n) is 20.1. The van der Waals surface area contributed by atoms with Gasteiger partial charge in [0.25, 0.3) is 0 Å². The first kappa shape index (κ1) is 22.7. The van der Waals surface area contributed by atoms with E-state index in [9.17, 15) is 9.90 Å². The Hall–Kier alpha value is -2.50. The second kappa shape index (κ2) is 8.80. The summed E-state index contributed by atoms with van der Waals surface area (Å²) in [6.45, 7) is 10.5. The fraction of sp³-hybridized carbons (Fsp3) is 0.615. The Morgan fingerprint density at radius 1 is 1.25 bits per heavy atom. The maximum absolute atomic E-state index is 13.0. The monoisotopic (exact) mass is 439 g/mol. The summed E-state index contributed by atoms with van der Waals surface area (Å²) in [6, 6.07) is 5.99. The molecule has 6 nitrogen and oxygen atoms in total. The second-order valence-electron chi connectivity index (χ2n) is 10.2. The van der Waals surface area contributed by atoms with Crippen molar-refractivity contribution in [2.75, 3.05) is 6.54 Å². The van der Waals surface area contributed by atoms with Gasteiger partial charge in [-0.3, -0.25) is 0 Å². The SMILES string of the molecule is CCCc1nn(-c2ccc(C3CCC3)cc2O)c2c1C(CC)N(C(=O)OC(C)(C)C)CC2. The maximum atomic E-state index is 13.0. The molecule has 2 aromatic rings. The molecule has 1 aliphatic carbocycles. The highest BCUT2D eigenvalue weighted by Crippen LogP contribution is 2.41. The smallest absolute Gasteiger partial charge is 0.410 e. The third-order valence-electron chi connectivity index (χ3n) is 6.70. The molecule has 174 valence electrons. The fourth-order valence-corrected chi connectivity index (χ4v) is 4.98. The Kier molecular flexibility index (Phi) is 6.24. The van der Waals surface area contributed by atoms with Crippen LogP contribution < -0.4 is 0 Å². The lowest BCUT2D eigenvalue weighted by Crippen LogP contribution is -2.43. The first-order chi connectivity index (χ1) is 15.2. The normalized spacial score (nSPS) is 18.9. The topological polar surface area (TPSA) is 67.6 Å². The van der Waals surface area contributed by atoms with Crippen LogP contribution in [0, 0.1) is 0 Å². The van der Waals surface area contributed by atoms with Crippen molar-refractivity contribution in [2.45, 2.75) is 97.1 Å². The van der Waals surface area contributed by atoms with E-state index >= 15 is 0 Å². The summed E-state index contributed by atoms with van der Waals surface area (Å²) in [7, 11) is 0. The minimum atomic E-state index is -0.528. The number of carbonyl (C=O) groups excluding carboxylic acids is 1. The molecule has 1 aromatic heterocycles. The van der Waals surface area contributed by atoms with Gasteiger partial charge in [-0.05, 0) is 70.1 Å². The van der Waals surface area contributed by atoms with Gasteiger partial charge in [-0.15, -0.1) is 0 Å². The summed E-state index contributed by atoms with van der Waals surface area (Å²) in [6.07, 6.45) is 6.70. The van der Waals surface area contributed by atoms with Crippen LogP contribution in [0.25, 0.3) is 5.69 Å². The molecule has 1 atom stereocenters. The number of carbonyl (C=O) groups is 1. The van der Waals surface area contributed by atoms with Gasteiger partial charge in [0.05, 0.1) is 17.4 Å². The maximum Gasteiger partial charge on any atom is 0.410 e. The number of phenols is 1. The molecule has 1 aromatic carbocycles. The van der Waals surface area contributed by atoms with Crippen molar-refractivity contribution in [1.29, 1.82) is 0 Å². The van der Waals surface area contributed by atoms with Crippen LogP contribution in [0.3, 0.4) is 0 Å². The minimum Gasteiger partial charge on any atom is -0.506 e. The third kappa shape index (κ3) is 4.24. The van der Waals surface area contributed by atoms with Gasteiger partial charge in [0, 0.05) is 18.5 Å². The van der Waals surface area contributed by atoms with Crippen LogP contribution in [0.15, 0.2) is 18.2 Å². The molecular formula is C26H37N3O3. The predicted molar refractivity (Wildman–Crippen MR) is 125 cm³/mol. The molecule has 4 rings (SSSR count). The lowest BCUT2D eigenvalue weighted by molar-refractivity contribution is 0.0135. The number of ether oxygens (including phenoxy) is 1. The Morgan fingerprint density at radius 2 is 2.00 bits per heavy atom. The van der Waals surface area contributed by atoms with Crippen molar-refractivity contribution >= 4 is 6.09 Å². The number of nitrogens with zero attached hydrogens (tertiary/aromatic N) is 3. The van der Waals surface area contributed by atoms with Crippen molar-refractivity contribution in [3.63, 3.8) is 0 Å². The number of benzene rings is 1. The van der Waals surface area contributed by atoms with Crippen LogP contribution in [-0.4, -0.2) is 38.0 Å². The van der Waals surface area contributed by atoms with Crippen LogP contribution in [0.4, 0.5) is 4.79 Å². The molecule has 0 radical (unpaired) electrons. The quantitative estimate of drug-likeness (QED) is 0.616. The van der Waals surface area contributed by atoms with Gasteiger partial charge in [0.2, 0.25) is 0 Å². The molecule has 0 bridgehead atoms. The third-order valence-corrected chi connectivity index (χ3v) is 6.70. The molecule has 2 heterocycles. The number of aryl methyl sites for hydroxylation is 1. The number of phenolic OH excluding ortho intramolecular Hbond substituents is 1. The molecule has 1 unspecified atom stereocenters. The van der Waals surface area contributed by atoms with Crippen molar-refractivity contribution in [2.24, 2.45) is 0 Å². The van der Waals surface area contributed by atoms with Gasteiger partial charge in [0.1, 0.15) is 17.0 Å². The average Bonchev–Trinajstić information content (AvgIpc) is 3.03. The lowest BCUT2D eigenvalue weighted by Gasteiger charge is -2.37. The zero-order chi connectivity index (χ0) is 23.0. The number of rotatable bonds is 5. The standard InChI is InChI=1S/C26H37N3O3/c1-6-9-19-24-20(7-2)28(25(31)32-26(3,4)5)15-14-22(24)29(27-19)21-13-12-18(16-23(21)30)17-10-8-11-17/h12-13,16-17,20,30H,6-11,14-15H2,1-5H3. The second-order valence-corrected chi connectivity index (χ2v) is 10.2. The van der Waals surface area contributed by atoms with E-state index in [-0.39, 0.29) is 17.9 Å². The van der Waals surface area contributed by atoms with Crippen molar-refractivity contribution in [3.8, 4) is 11.4 Å². The van der Waals surface area contributed by atoms with Crippen LogP contribution >= 0.6 is 0 Å². The molecule has 2 aliphatic rings. The van der Waals surface area contributed by atoms with Gasteiger partial charge < -0.3 is 14.7 Å². The fourth-order valence-electron chi connectivity index (χ4n) is 4.98. The van der Waals surface area contributed by atoms with Gasteiger partial charge in [-0.1, -0.05) is 32.8 Å².